The fourth-order valence-corrected chi connectivity index (χ4v) is 3.36. The summed E-state index contributed by atoms with van der Waals surface area (Å²) in [5.41, 5.74) is -1.02. The number of fused-ring (bicyclic) bond motifs is 2. The topological polar surface area (TPSA) is 68.3 Å². The zero-order valence-electron chi connectivity index (χ0n) is 12.8. The highest BCUT2D eigenvalue weighted by Crippen LogP contribution is 2.43. The molecule has 134 valence electrons. The molecule has 5 nitrogen and oxygen atoms in total. The van der Waals surface area contributed by atoms with Crippen LogP contribution in [-0.4, -0.2) is 23.5 Å². The lowest BCUT2D eigenvalue weighted by Crippen LogP contribution is -2.27. The Morgan fingerprint density at radius 3 is 2.64 bits per heavy atom. The second-order valence-electron chi connectivity index (χ2n) is 6.09. The summed E-state index contributed by atoms with van der Waals surface area (Å²) >= 11 is 5.70. The first-order valence-electron chi connectivity index (χ1n) is 7.61. The Balaban J connectivity index is 1.53. The van der Waals surface area contributed by atoms with Crippen molar-refractivity contribution in [2.24, 2.45) is 17.8 Å². The molecule has 1 amide bonds. The maximum atomic E-state index is 12.5. The van der Waals surface area contributed by atoms with E-state index in [9.17, 15) is 22.8 Å². The monoisotopic (exact) mass is 374 g/mol. The lowest BCUT2D eigenvalue weighted by molar-refractivity contribution is -0.152. The highest BCUT2D eigenvalue weighted by molar-refractivity contribution is 6.33. The fourth-order valence-electron chi connectivity index (χ4n) is 3.15. The molecule has 3 rings (SSSR count). The van der Waals surface area contributed by atoms with Gasteiger partial charge in [-0.2, -0.15) is 13.2 Å². The van der Waals surface area contributed by atoms with E-state index >= 15 is 0 Å². The van der Waals surface area contributed by atoms with Crippen molar-refractivity contribution >= 4 is 29.3 Å². The summed E-state index contributed by atoms with van der Waals surface area (Å²) in [4.78, 5) is 27.3. The summed E-state index contributed by atoms with van der Waals surface area (Å²) in [5.74, 6) is -1.08. The molecule has 9 heteroatoms. The molecule has 2 aliphatic rings. The number of aromatic nitrogens is 1. The van der Waals surface area contributed by atoms with Crippen molar-refractivity contribution in [2.45, 2.75) is 19.0 Å². The van der Waals surface area contributed by atoms with Crippen LogP contribution in [0.5, 0.6) is 0 Å². The lowest BCUT2D eigenvalue weighted by atomic mass is 9.94. The summed E-state index contributed by atoms with van der Waals surface area (Å²) in [5, 5.41) is 1.87. The van der Waals surface area contributed by atoms with E-state index in [1.807, 2.05) is 6.08 Å². The van der Waals surface area contributed by atoms with Crippen LogP contribution < -0.4 is 5.32 Å². The Labute approximate surface area is 146 Å². The van der Waals surface area contributed by atoms with Gasteiger partial charge in [0.1, 0.15) is 0 Å². The number of allylic oxidation sites excluding steroid dienone is 2. The molecule has 0 spiro atoms. The third-order valence-electron chi connectivity index (χ3n) is 4.35. The van der Waals surface area contributed by atoms with Crippen LogP contribution >= 0.6 is 11.6 Å². The first kappa shape index (κ1) is 17.7. The quantitative estimate of drug-likeness (QED) is 0.647. The van der Waals surface area contributed by atoms with Crippen LogP contribution in [-0.2, 0) is 20.5 Å². The minimum absolute atomic E-state index is 0.159. The highest BCUT2D eigenvalue weighted by Gasteiger charge is 2.40. The van der Waals surface area contributed by atoms with Crippen LogP contribution in [0.25, 0.3) is 0 Å². The van der Waals surface area contributed by atoms with Crippen molar-refractivity contribution in [3.63, 3.8) is 0 Å². The summed E-state index contributed by atoms with van der Waals surface area (Å²) in [7, 11) is 0. The molecular weight excluding hydrogens is 361 g/mol. The molecular formula is C16H14ClF3N2O3. The van der Waals surface area contributed by atoms with Gasteiger partial charge in [-0.15, -0.1) is 0 Å². The summed E-state index contributed by atoms with van der Waals surface area (Å²) in [6.07, 6.45) is 1.70. The normalized spacial score (nSPS) is 24.4. The third-order valence-corrected chi connectivity index (χ3v) is 4.64. The number of alkyl halides is 3. The Morgan fingerprint density at radius 1 is 1.32 bits per heavy atom. The lowest BCUT2D eigenvalue weighted by Gasteiger charge is -2.16. The average molecular weight is 375 g/mol. The Bertz CT molecular complexity index is 736. The van der Waals surface area contributed by atoms with Gasteiger partial charge in [0, 0.05) is 6.20 Å². The molecule has 1 saturated carbocycles. The maximum Gasteiger partial charge on any atom is 0.417 e. The second-order valence-corrected chi connectivity index (χ2v) is 6.50. The van der Waals surface area contributed by atoms with Gasteiger partial charge in [0.15, 0.2) is 12.4 Å². The van der Waals surface area contributed by atoms with Crippen molar-refractivity contribution < 1.29 is 27.5 Å². The molecule has 0 unspecified atom stereocenters. The molecule has 1 fully saturated rings. The number of hydrogen-bond acceptors (Lipinski definition) is 4. The van der Waals surface area contributed by atoms with E-state index in [2.05, 4.69) is 16.4 Å². The van der Waals surface area contributed by atoms with Crippen molar-refractivity contribution in [2.75, 3.05) is 11.9 Å². The van der Waals surface area contributed by atoms with Crippen LogP contribution in [0.1, 0.15) is 18.4 Å². The van der Waals surface area contributed by atoms with Gasteiger partial charge in [0.2, 0.25) is 0 Å². The molecule has 2 aliphatic carbocycles. The zero-order chi connectivity index (χ0) is 18.2. The number of rotatable bonds is 4. The Kier molecular flexibility index (Phi) is 4.73. The van der Waals surface area contributed by atoms with E-state index in [0.717, 1.165) is 6.42 Å². The Hall–Kier alpha value is -2.09. The number of nitrogens with one attached hydrogen (secondary N) is 1. The SMILES string of the molecule is O=C(COC(=O)[C@H]1C[C@H]2C=C[C@H]1C2)Nc1ncc(C(F)(F)F)cc1Cl. The van der Waals surface area contributed by atoms with E-state index in [4.69, 9.17) is 16.3 Å². The smallest absolute Gasteiger partial charge is 0.417 e. The first-order valence-corrected chi connectivity index (χ1v) is 7.99. The number of pyridine rings is 1. The number of esters is 1. The number of anilines is 1. The molecule has 1 N–H and O–H groups in total. The van der Waals surface area contributed by atoms with Gasteiger partial charge < -0.3 is 10.1 Å². The van der Waals surface area contributed by atoms with Gasteiger partial charge in [0.05, 0.1) is 16.5 Å². The van der Waals surface area contributed by atoms with E-state index < -0.39 is 30.2 Å². The number of halogens is 4. The molecule has 0 saturated heterocycles. The van der Waals surface area contributed by atoms with Crippen molar-refractivity contribution in [3.8, 4) is 0 Å². The third kappa shape index (κ3) is 3.95. The molecule has 1 aromatic rings. The molecule has 2 bridgehead atoms. The minimum atomic E-state index is -4.58. The molecule has 1 aromatic heterocycles. The van der Waals surface area contributed by atoms with Gasteiger partial charge in [-0.25, -0.2) is 4.98 Å². The standard InChI is InChI=1S/C16H14ClF3N2O3/c17-12-5-10(16(18,19)20)6-21-14(12)22-13(23)7-25-15(24)11-4-8-1-2-9(11)3-8/h1-2,5-6,8-9,11H,3-4,7H2,(H,21,22,23)/t8-,9-,11-/m0/s1. The van der Waals surface area contributed by atoms with Gasteiger partial charge in [0.25, 0.3) is 5.91 Å². The second kappa shape index (κ2) is 6.67. The van der Waals surface area contributed by atoms with Crippen molar-refractivity contribution in [3.05, 3.63) is 35.0 Å². The largest absolute Gasteiger partial charge is 0.455 e. The molecule has 3 atom stereocenters. The van der Waals surface area contributed by atoms with Gasteiger partial charge in [-0.3, -0.25) is 9.59 Å². The van der Waals surface area contributed by atoms with Crippen LogP contribution in [0.4, 0.5) is 19.0 Å². The average Bonchev–Trinajstić information content (AvgIpc) is 3.16. The van der Waals surface area contributed by atoms with Gasteiger partial charge in [-0.1, -0.05) is 23.8 Å². The van der Waals surface area contributed by atoms with Crippen LogP contribution in [0.2, 0.25) is 5.02 Å². The predicted molar refractivity (Wildman–Crippen MR) is 82.7 cm³/mol. The number of hydrogen-bond donors (Lipinski definition) is 1. The zero-order valence-corrected chi connectivity index (χ0v) is 13.6. The van der Waals surface area contributed by atoms with E-state index in [0.29, 0.717) is 24.6 Å². The highest BCUT2D eigenvalue weighted by atomic mass is 35.5. The number of ether oxygens (including phenoxy) is 1. The number of nitrogens with zero attached hydrogens (tertiary/aromatic N) is 1. The Morgan fingerprint density at radius 2 is 2.08 bits per heavy atom. The number of carbonyl (C=O) groups excluding carboxylic acids is 2. The van der Waals surface area contributed by atoms with Crippen LogP contribution in [0.15, 0.2) is 24.4 Å². The number of carbonyl (C=O) groups is 2. The van der Waals surface area contributed by atoms with Crippen LogP contribution in [0, 0.1) is 17.8 Å². The minimum Gasteiger partial charge on any atom is -0.455 e. The molecule has 1 heterocycles. The summed E-state index contributed by atoms with van der Waals surface area (Å²) in [6.45, 7) is -0.546. The summed E-state index contributed by atoms with van der Waals surface area (Å²) < 4.78 is 42.6. The van der Waals surface area contributed by atoms with E-state index in [1.165, 1.54) is 0 Å². The molecule has 0 aromatic carbocycles. The predicted octanol–water partition coefficient (Wildman–Crippen LogP) is 3.45. The number of amides is 1. The van der Waals surface area contributed by atoms with Crippen LogP contribution in [0.3, 0.4) is 0 Å². The molecule has 0 aliphatic heterocycles. The molecule has 25 heavy (non-hydrogen) atoms. The van der Waals surface area contributed by atoms with E-state index in [-0.39, 0.29) is 22.7 Å². The fraction of sp³-hybridized carbons (Fsp3) is 0.438. The van der Waals surface area contributed by atoms with E-state index in [1.54, 1.807) is 0 Å². The summed E-state index contributed by atoms with van der Waals surface area (Å²) in [6, 6.07) is 0.664. The maximum absolute atomic E-state index is 12.5. The van der Waals surface area contributed by atoms with Gasteiger partial charge >= 0.3 is 12.1 Å². The van der Waals surface area contributed by atoms with Crippen molar-refractivity contribution in [1.82, 2.24) is 4.98 Å². The first-order chi connectivity index (χ1) is 11.7. The van der Waals surface area contributed by atoms with Crippen molar-refractivity contribution in [1.29, 1.82) is 0 Å². The molecule has 0 radical (unpaired) electrons. The van der Waals surface area contributed by atoms with Gasteiger partial charge in [-0.05, 0) is 30.7 Å².